The Morgan fingerprint density at radius 2 is 1.81 bits per heavy atom. The quantitative estimate of drug-likeness (QED) is 0.753. The first-order valence-electron chi connectivity index (χ1n) is 10.3. The highest BCUT2D eigenvalue weighted by atomic mass is 16.5. The second kappa shape index (κ2) is 8.38. The first-order chi connectivity index (χ1) is 14.9. The van der Waals surface area contributed by atoms with Crippen LogP contribution in [-0.4, -0.2) is 36.8 Å². The molecule has 2 aromatic carbocycles. The van der Waals surface area contributed by atoms with Crippen LogP contribution in [0.2, 0.25) is 0 Å². The fourth-order valence-electron chi connectivity index (χ4n) is 4.70. The van der Waals surface area contributed by atoms with Crippen molar-refractivity contribution in [2.45, 2.75) is 31.6 Å². The highest BCUT2D eigenvalue weighted by Gasteiger charge is 2.44. The minimum absolute atomic E-state index is 0.00428. The Balaban J connectivity index is 1.84. The van der Waals surface area contributed by atoms with E-state index in [1.807, 2.05) is 30.3 Å². The van der Waals surface area contributed by atoms with Gasteiger partial charge in [-0.1, -0.05) is 36.4 Å². The Hall–Kier alpha value is -3.41. The maximum absolute atomic E-state index is 13.4. The summed E-state index contributed by atoms with van der Waals surface area (Å²) in [4.78, 5) is 30.9. The van der Waals surface area contributed by atoms with Gasteiger partial charge in [0.25, 0.3) is 0 Å². The Kier molecular flexibility index (Phi) is 5.63. The van der Waals surface area contributed by atoms with Crippen LogP contribution in [0.1, 0.15) is 42.7 Å². The number of benzene rings is 2. The minimum Gasteiger partial charge on any atom is -0.504 e. The molecular weight excluding hydrogens is 394 g/mol. The average Bonchev–Trinajstić information content (AvgIpc) is 2.78. The van der Waals surface area contributed by atoms with E-state index in [0.717, 1.165) is 11.3 Å². The monoisotopic (exact) mass is 419 g/mol. The van der Waals surface area contributed by atoms with Gasteiger partial charge < -0.3 is 14.6 Å². The highest BCUT2D eigenvalue weighted by Crippen LogP contribution is 2.47. The van der Waals surface area contributed by atoms with E-state index in [1.54, 1.807) is 19.1 Å². The van der Waals surface area contributed by atoms with Crippen molar-refractivity contribution in [3.63, 3.8) is 0 Å². The molecule has 4 rings (SSSR count). The molecule has 0 radical (unpaired) electrons. The number of hydrogen-bond acceptors (Lipinski definition) is 6. The fourth-order valence-corrected chi connectivity index (χ4v) is 4.70. The van der Waals surface area contributed by atoms with Crippen molar-refractivity contribution < 1.29 is 24.2 Å². The molecule has 1 aliphatic heterocycles. The van der Waals surface area contributed by atoms with Crippen LogP contribution in [0.5, 0.6) is 11.5 Å². The Morgan fingerprint density at radius 3 is 2.48 bits per heavy atom. The van der Waals surface area contributed by atoms with Crippen LogP contribution in [-0.2, 0) is 14.3 Å². The van der Waals surface area contributed by atoms with Crippen molar-refractivity contribution in [3.8, 4) is 11.5 Å². The zero-order valence-corrected chi connectivity index (χ0v) is 17.8. The van der Waals surface area contributed by atoms with E-state index in [9.17, 15) is 14.7 Å². The van der Waals surface area contributed by atoms with Crippen molar-refractivity contribution >= 4 is 17.5 Å². The average molecular weight is 419 g/mol. The molecule has 160 valence electrons. The zero-order chi connectivity index (χ0) is 22.1. The second-order valence-corrected chi connectivity index (χ2v) is 7.96. The summed E-state index contributed by atoms with van der Waals surface area (Å²) in [7, 11) is 2.80. The number of esters is 1. The van der Waals surface area contributed by atoms with Crippen LogP contribution < -0.4 is 4.74 Å². The van der Waals surface area contributed by atoms with Gasteiger partial charge in [-0.3, -0.25) is 14.6 Å². The molecule has 0 fully saturated rings. The summed E-state index contributed by atoms with van der Waals surface area (Å²) in [6.07, 6.45) is 0.985. The van der Waals surface area contributed by atoms with E-state index in [-0.39, 0.29) is 23.2 Å². The van der Waals surface area contributed by atoms with Gasteiger partial charge in [0.15, 0.2) is 17.3 Å². The SMILES string of the molecule is COC(=O)C1C(C)=NC2=C(C(=O)CC(c3ccccc3)C2)C1c1ccc(O)c(OC)c1. The summed E-state index contributed by atoms with van der Waals surface area (Å²) in [5.41, 5.74) is 3.70. The van der Waals surface area contributed by atoms with Gasteiger partial charge in [0.1, 0.15) is 5.92 Å². The molecule has 0 saturated carbocycles. The molecule has 1 aliphatic carbocycles. The number of phenolic OH excluding ortho intramolecular Hbond substituents is 1. The van der Waals surface area contributed by atoms with Crippen LogP contribution in [0.15, 0.2) is 64.8 Å². The Morgan fingerprint density at radius 1 is 1.06 bits per heavy atom. The molecule has 0 bridgehead atoms. The first-order valence-corrected chi connectivity index (χ1v) is 10.3. The molecule has 6 nitrogen and oxygen atoms in total. The number of Topliss-reactive ketones (excluding diaryl/α,β-unsaturated/α-hetero) is 1. The van der Waals surface area contributed by atoms with E-state index in [1.165, 1.54) is 20.3 Å². The van der Waals surface area contributed by atoms with Crippen LogP contribution in [0.25, 0.3) is 0 Å². The van der Waals surface area contributed by atoms with Crippen molar-refractivity contribution in [2.75, 3.05) is 14.2 Å². The lowest BCUT2D eigenvalue weighted by Gasteiger charge is -2.36. The maximum atomic E-state index is 13.4. The number of rotatable bonds is 4. The second-order valence-electron chi connectivity index (χ2n) is 7.96. The number of allylic oxidation sites excluding steroid dienone is 2. The fraction of sp³-hybridized carbons (Fsp3) is 0.320. The van der Waals surface area contributed by atoms with Gasteiger partial charge in [0.2, 0.25) is 0 Å². The van der Waals surface area contributed by atoms with E-state index >= 15 is 0 Å². The summed E-state index contributed by atoms with van der Waals surface area (Å²) >= 11 is 0. The topological polar surface area (TPSA) is 85.2 Å². The van der Waals surface area contributed by atoms with Gasteiger partial charge in [-0.25, -0.2) is 0 Å². The third-order valence-electron chi connectivity index (χ3n) is 6.18. The predicted molar refractivity (Wildman–Crippen MR) is 116 cm³/mol. The van der Waals surface area contributed by atoms with Gasteiger partial charge >= 0.3 is 5.97 Å². The summed E-state index contributed by atoms with van der Waals surface area (Å²) in [5, 5.41) is 10.0. The molecule has 1 N–H and O–H groups in total. The Labute approximate surface area is 181 Å². The summed E-state index contributed by atoms with van der Waals surface area (Å²) in [6.45, 7) is 1.80. The van der Waals surface area contributed by atoms with E-state index < -0.39 is 17.8 Å². The molecule has 2 aliphatic rings. The zero-order valence-electron chi connectivity index (χ0n) is 17.8. The third kappa shape index (κ3) is 3.74. The molecule has 0 aromatic heterocycles. The number of carbonyl (C=O) groups is 2. The molecule has 3 atom stereocenters. The number of ketones is 1. The lowest BCUT2D eigenvalue weighted by molar-refractivity contribution is -0.143. The third-order valence-corrected chi connectivity index (χ3v) is 6.18. The number of hydrogen-bond donors (Lipinski definition) is 1. The molecule has 3 unspecified atom stereocenters. The highest BCUT2D eigenvalue weighted by molar-refractivity contribution is 6.09. The van der Waals surface area contributed by atoms with Gasteiger partial charge in [0.05, 0.1) is 14.2 Å². The van der Waals surface area contributed by atoms with E-state index in [4.69, 9.17) is 14.5 Å². The van der Waals surface area contributed by atoms with Crippen LogP contribution in [0, 0.1) is 5.92 Å². The molecule has 6 heteroatoms. The lowest BCUT2D eigenvalue weighted by Crippen LogP contribution is -2.37. The number of carbonyl (C=O) groups excluding carboxylic acids is 2. The van der Waals surface area contributed by atoms with Gasteiger partial charge in [-0.2, -0.15) is 0 Å². The molecule has 1 heterocycles. The van der Waals surface area contributed by atoms with Crippen LogP contribution in [0.4, 0.5) is 0 Å². The molecule has 31 heavy (non-hydrogen) atoms. The number of aromatic hydroxyl groups is 1. The van der Waals surface area contributed by atoms with Gasteiger partial charge in [-0.05, 0) is 42.5 Å². The minimum atomic E-state index is -0.713. The summed E-state index contributed by atoms with van der Waals surface area (Å²) in [6, 6.07) is 14.9. The van der Waals surface area contributed by atoms with Crippen LogP contribution >= 0.6 is 0 Å². The van der Waals surface area contributed by atoms with Gasteiger partial charge in [0, 0.05) is 29.3 Å². The number of methoxy groups -OCH3 is 2. The standard InChI is InChI=1S/C25H25NO5/c1-14-22(25(29)31-3)23(16-9-10-19(27)21(13-16)30-2)24-18(26-14)11-17(12-20(24)28)15-7-5-4-6-8-15/h4-10,13,17,22-23,27H,11-12H2,1-3H3. The molecule has 0 saturated heterocycles. The number of ether oxygens (including phenoxy) is 2. The molecule has 0 spiro atoms. The summed E-state index contributed by atoms with van der Waals surface area (Å²) in [5.74, 6) is -1.38. The largest absolute Gasteiger partial charge is 0.504 e. The lowest BCUT2D eigenvalue weighted by atomic mass is 9.69. The smallest absolute Gasteiger partial charge is 0.315 e. The van der Waals surface area contributed by atoms with Crippen molar-refractivity contribution in [1.82, 2.24) is 0 Å². The number of phenols is 1. The van der Waals surface area contributed by atoms with E-state index in [2.05, 4.69) is 0 Å². The van der Waals surface area contributed by atoms with E-state index in [0.29, 0.717) is 29.7 Å². The van der Waals surface area contributed by atoms with Crippen molar-refractivity contribution in [3.05, 3.63) is 70.9 Å². The van der Waals surface area contributed by atoms with Crippen molar-refractivity contribution in [2.24, 2.45) is 10.9 Å². The molecule has 2 aromatic rings. The van der Waals surface area contributed by atoms with Crippen molar-refractivity contribution in [1.29, 1.82) is 0 Å². The van der Waals surface area contributed by atoms with Gasteiger partial charge in [-0.15, -0.1) is 0 Å². The molecular formula is C25H25NO5. The number of aliphatic imine (C=N–C) groups is 1. The summed E-state index contributed by atoms with van der Waals surface area (Å²) < 4.78 is 10.3. The normalized spacial score (nSPS) is 23.1. The maximum Gasteiger partial charge on any atom is 0.315 e. The predicted octanol–water partition coefficient (Wildman–Crippen LogP) is 4.15. The molecule has 0 amide bonds. The van der Waals surface area contributed by atoms with Crippen LogP contribution in [0.3, 0.4) is 0 Å². The first kappa shape index (κ1) is 20.8. The number of nitrogens with zero attached hydrogens (tertiary/aromatic N) is 1. The Bertz CT molecular complexity index is 1090.